The summed E-state index contributed by atoms with van der Waals surface area (Å²) in [5.74, 6) is -0.0356. The van der Waals surface area contributed by atoms with Crippen LogP contribution in [0.15, 0.2) is 67.1 Å². The molecule has 1 N–H and O–H groups in total. The number of pyridine rings is 1. The summed E-state index contributed by atoms with van der Waals surface area (Å²) in [4.78, 5) is 8.44. The maximum absolute atomic E-state index is 12.4. The maximum Gasteiger partial charge on any atom is 0.573 e. The second-order valence-corrected chi connectivity index (χ2v) is 7.03. The van der Waals surface area contributed by atoms with Gasteiger partial charge in [0.1, 0.15) is 11.9 Å². The summed E-state index contributed by atoms with van der Waals surface area (Å²) in [6.07, 6.45) is 4.45. The Kier molecular flexibility index (Phi) is 5.29. The average Bonchev–Trinajstić information content (AvgIpc) is 2.67. The van der Waals surface area contributed by atoms with Crippen LogP contribution in [0.3, 0.4) is 0 Å². The first-order valence-corrected chi connectivity index (χ1v) is 9.22. The van der Waals surface area contributed by atoms with Crippen molar-refractivity contribution in [2.45, 2.75) is 12.5 Å². The molecule has 0 spiro atoms. The lowest BCUT2D eigenvalue weighted by Gasteiger charge is -2.49. The lowest BCUT2D eigenvalue weighted by molar-refractivity contribution is -0.274. The van der Waals surface area contributed by atoms with Crippen LogP contribution in [0.4, 0.5) is 18.9 Å². The fraction of sp³-hybridized carbons (Fsp3) is 0.286. The lowest BCUT2D eigenvalue weighted by atomic mass is 9.93. The van der Waals surface area contributed by atoms with E-state index >= 15 is 0 Å². The number of rotatable bonds is 5. The molecule has 1 unspecified atom stereocenters. The number of hydrogen-bond acceptors (Lipinski definition) is 5. The quantitative estimate of drug-likeness (QED) is 0.826. The molecule has 0 aliphatic carbocycles. The number of aliphatic hydroxyl groups is 1. The molecule has 0 radical (unpaired) electrons. The van der Waals surface area contributed by atoms with Crippen molar-refractivity contribution in [2.75, 3.05) is 24.6 Å². The summed E-state index contributed by atoms with van der Waals surface area (Å²) in [7, 11) is 0. The predicted molar refractivity (Wildman–Crippen MR) is 103 cm³/mol. The first-order valence-electron chi connectivity index (χ1n) is 9.22. The van der Waals surface area contributed by atoms with E-state index in [2.05, 4.69) is 14.6 Å². The van der Waals surface area contributed by atoms with Crippen LogP contribution in [0.5, 0.6) is 5.75 Å². The molecule has 8 heteroatoms. The van der Waals surface area contributed by atoms with Crippen LogP contribution in [0.1, 0.15) is 5.56 Å². The van der Waals surface area contributed by atoms with Gasteiger partial charge in [-0.1, -0.05) is 12.1 Å². The van der Waals surface area contributed by atoms with Gasteiger partial charge in [-0.2, -0.15) is 0 Å². The van der Waals surface area contributed by atoms with Gasteiger partial charge in [-0.05, 0) is 47.5 Å². The van der Waals surface area contributed by atoms with Gasteiger partial charge in [0, 0.05) is 49.9 Å². The Hall–Kier alpha value is -2.84. The molecule has 3 heterocycles. The van der Waals surface area contributed by atoms with Crippen LogP contribution in [-0.4, -0.2) is 47.2 Å². The van der Waals surface area contributed by atoms with Crippen molar-refractivity contribution < 1.29 is 23.0 Å². The Balaban J connectivity index is 1.63. The summed E-state index contributed by atoms with van der Waals surface area (Å²) >= 11 is 0. The van der Waals surface area contributed by atoms with Gasteiger partial charge in [0.05, 0.1) is 0 Å². The van der Waals surface area contributed by atoms with Crippen LogP contribution < -0.4 is 9.64 Å². The summed E-state index contributed by atoms with van der Waals surface area (Å²) in [5, 5.41) is 9.41. The van der Waals surface area contributed by atoms with E-state index < -0.39 is 6.36 Å². The molecule has 152 valence electrons. The maximum atomic E-state index is 12.4. The molecular weight excluding hydrogens is 383 g/mol. The van der Waals surface area contributed by atoms with Crippen molar-refractivity contribution in [3.05, 3.63) is 72.7 Å². The van der Waals surface area contributed by atoms with Crippen LogP contribution >= 0.6 is 0 Å². The zero-order valence-corrected chi connectivity index (χ0v) is 15.5. The van der Waals surface area contributed by atoms with Crippen LogP contribution in [0.2, 0.25) is 0 Å². The van der Waals surface area contributed by atoms with Gasteiger partial charge in [0.15, 0.2) is 0 Å². The largest absolute Gasteiger partial charge is 0.573 e. The Morgan fingerprint density at radius 1 is 1.14 bits per heavy atom. The highest BCUT2D eigenvalue weighted by molar-refractivity contribution is 5.76. The van der Waals surface area contributed by atoms with E-state index in [1.165, 1.54) is 12.1 Å². The monoisotopic (exact) mass is 403 g/mol. The number of aliphatic hydroxyl groups excluding tert-OH is 1. The van der Waals surface area contributed by atoms with Gasteiger partial charge in [-0.25, -0.2) is 0 Å². The fourth-order valence-electron chi connectivity index (χ4n) is 3.68. The molecule has 0 amide bonds. The molecule has 1 aromatic heterocycles. The summed E-state index contributed by atoms with van der Waals surface area (Å²) < 4.78 is 41.3. The first-order chi connectivity index (χ1) is 13.9. The second-order valence-electron chi connectivity index (χ2n) is 7.03. The van der Waals surface area contributed by atoms with E-state index in [4.69, 9.17) is 0 Å². The van der Waals surface area contributed by atoms with Crippen molar-refractivity contribution in [2.24, 2.45) is 5.92 Å². The van der Waals surface area contributed by atoms with Gasteiger partial charge in [-0.3, -0.25) is 9.88 Å². The molecule has 1 atom stereocenters. The third kappa shape index (κ3) is 4.28. The predicted octanol–water partition coefficient (Wildman–Crippen LogP) is 3.65. The Bertz CT molecular complexity index is 892. The molecule has 1 aromatic carbocycles. The third-order valence-corrected chi connectivity index (χ3v) is 5.02. The minimum atomic E-state index is -4.72. The summed E-state index contributed by atoms with van der Waals surface area (Å²) in [5.41, 5.74) is 2.74. The molecule has 2 aliphatic heterocycles. The standard InChI is InChI=1S/C21H20F3N3O2/c22-21(23,24)29-18-7-5-17(6-8-18)27-10-2-4-19(16-3-1-9-25-11-16)20(27)26-12-15(13-26)14-28/h1-11,15,20,28H,12-14H2. The number of allylic oxidation sites excluding steroid dienone is 2. The third-order valence-electron chi connectivity index (χ3n) is 5.02. The molecule has 1 saturated heterocycles. The lowest BCUT2D eigenvalue weighted by Crippen LogP contribution is -2.59. The minimum absolute atomic E-state index is 0.133. The normalized spacial score (nSPS) is 20.3. The van der Waals surface area contributed by atoms with E-state index in [1.807, 2.05) is 35.4 Å². The molecule has 1 fully saturated rings. The number of aromatic nitrogens is 1. The van der Waals surface area contributed by atoms with E-state index in [0.717, 1.165) is 29.9 Å². The van der Waals surface area contributed by atoms with Gasteiger partial charge in [0.25, 0.3) is 0 Å². The Morgan fingerprint density at radius 2 is 1.90 bits per heavy atom. The van der Waals surface area contributed by atoms with Crippen molar-refractivity contribution in [3.63, 3.8) is 0 Å². The van der Waals surface area contributed by atoms with Crippen molar-refractivity contribution in [1.29, 1.82) is 0 Å². The SMILES string of the molecule is OCC1CN(C2C(c3cccnc3)=CC=CN2c2ccc(OC(F)(F)F)cc2)C1. The van der Waals surface area contributed by atoms with E-state index in [9.17, 15) is 18.3 Å². The highest BCUT2D eigenvalue weighted by Gasteiger charge is 2.38. The topological polar surface area (TPSA) is 48.8 Å². The van der Waals surface area contributed by atoms with E-state index in [1.54, 1.807) is 24.5 Å². The van der Waals surface area contributed by atoms with Crippen LogP contribution in [0.25, 0.3) is 5.57 Å². The Labute approximate surface area is 166 Å². The molecule has 0 saturated carbocycles. The number of ether oxygens (including phenoxy) is 1. The van der Waals surface area contributed by atoms with Gasteiger partial charge in [-0.15, -0.1) is 13.2 Å². The van der Waals surface area contributed by atoms with Gasteiger partial charge >= 0.3 is 6.36 Å². The van der Waals surface area contributed by atoms with E-state index in [0.29, 0.717) is 0 Å². The summed E-state index contributed by atoms with van der Waals surface area (Å²) in [6, 6.07) is 9.67. The number of benzene rings is 1. The number of alkyl halides is 3. The van der Waals surface area contributed by atoms with Gasteiger partial charge in [0.2, 0.25) is 0 Å². The van der Waals surface area contributed by atoms with Crippen molar-refractivity contribution in [3.8, 4) is 5.75 Å². The second kappa shape index (κ2) is 7.88. The number of halogens is 3. The first kappa shape index (κ1) is 19.5. The van der Waals surface area contributed by atoms with Crippen molar-refractivity contribution >= 4 is 11.3 Å². The molecular formula is C21H20F3N3O2. The molecule has 0 bridgehead atoms. The highest BCUT2D eigenvalue weighted by Crippen LogP contribution is 2.36. The molecule has 2 aliphatic rings. The fourth-order valence-corrected chi connectivity index (χ4v) is 3.68. The zero-order chi connectivity index (χ0) is 20.4. The zero-order valence-electron chi connectivity index (χ0n) is 15.5. The number of likely N-dealkylation sites (tertiary alicyclic amines) is 1. The minimum Gasteiger partial charge on any atom is -0.406 e. The summed E-state index contributed by atoms with van der Waals surface area (Å²) in [6.45, 7) is 1.60. The molecule has 29 heavy (non-hydrogen) atoms. The number of hydrogen-bond donors (Lipinski definition) is 1. The smallest absolute Gasteiger partial charge is 0.406 e. The highest BCUT2D eigenvalue weighted by atomic mass is 19.4. The van der Waals surface area contributed by atoms with Crippen LogP contribution in [-0.2, 0) is 0 Å². The van der Waals surface area contributed by atoms with Gasteiger partial charge < -0.3 is 14.7 Å². The molecule has 2 aromatic rings. The number of nitrogens with zero attached hydrogens (tertiary/aromatic N) is 3. The van der Waals surface area contributed by atoms with Crippen molar-refractivity contribution in [1.82, 2.24) is 9.88 Å². The number of anilines is 1. The van der Waals surface area contributed by atoms with Crippen LogP contribution in [0, 0.1) is 5.92 Å². The average molecular weight is 403 g/mol. The van der Waals surface area contributed by atoms with E-state index in [-0.39, 0.29) is 24.4 Å². The molecule has 4 rings (SSSR count). The Morgan fingerprint density at radius 3 is 2.52 bits per heavy atom. The molecule has 5 nitrogen and oxygen atoms in total.